The number of hydrogen-bond acceptors (Lipinski definition) is 5. The number of nitrogens with zero attached hydrogens (tertiary/aromatic N) is 3. The van der Waals surface area contributed by atoms with Gasteiger partial charge >= 0.3 is 0 Å². The van der Waals surface area contributed by atoms with Gasteiger partial charge in [-0.25, -0.2) is 9.07 Å². The van der Waals surface area contributed by atoms with E-state index in [1.165, 1.54) is 12.1 Å². The van der Waals surface area contributed by atoms with Crippen LogP contribution in [0.4, 0.5) is 10.1 Å². The summed E-state index contributed by atoms with van der Waals surface area (Å²) in [5.41, 5.74) is 3.27. The number of fused-ring (bicyclic) bond motifs is 1. The molecule has 1 aliphatic rings. The van der Waals surface area contributed by atoms with Gasteiger partial charge in [-0.3, -0.25) is 10.1 Å². The van der Waals surface area contributed by atoms with Crippen molar-refractivity contribution in [1.29, 1.82) is 0 Å². The van der Waals surface area contributed by atoms with Crippen LogP contribution in [0.5, 0.6) is 11.5 Å². The van der Waals surface area contributed by atoms with Crippen molar-refractivity contribution in [2.45, 2.75) is 25.7 Å². The molecule has 8 heteroatoms. The fraction of sp³-hybridized carbons (Fsp3) is 0.286. The summed E-state index contributed by atoms with van der Waals surface area (Å²) in [5.74, 6) is 0.591. The van der Waals surface area contributed by atoms with Gasteiger partial charge in [0.2, 0.25) is 0 Å². The molecule has 1 aromatic heterocycles. The number of halogens is 1. The van der Waals surface area contributed by atoms with Gasteiger partial charge in [0.15, 0.2) is 0 Å². The molecule has 0 atom stereocenters. The monoisotopic (exact) mass is 397 g/mol. The second-order valence-electron chi connectivity index (χ2n) is 6.88. The summed E-state index contributed by atoms with van der Waals surface area (Å²) < 4.78 is 26.2. The maximum atomic E-state index is 13.6. The van der Waals surface area contributed by atoms with Gasteiger partial charge in [-0.2, -0.15) is 5.10 Å². The molecular weight excluding hydrogens is 377 g/mol. The lowest BCUT2D eigenvalue weighted by Crippen LogP contribution is -2.08. The Morgan fingerprint density at radius 2 is 1.76 bits per heavy atom. The van der Waals surface area contributed by atoms with Crippen molar-refractivity contribution >= 4 is 5.69 Å². The average molecular weight is 397 g/mol. The van der Waals surface area contributed by atoms with Gasteiger partial charge in [0.1, 0.15) is 23.0 Å². The third kappa shape index (κ3) is 3.41. The second kappa shape index (κ2) is 7.54. The molecule has 4 rings (SSSR count). The Bertz CT molecular complexity index is 1070. The lowest BCUT2D eigenvalue weighted by molar-refractivity contribution is -0.384. The van der Waals surface area contributed by atoms with Gasteiger partial charge in [-0.15, -0.1) is 0 Å². The molecule has 150 valence electrons. The Morgan fingerprint density at radius 3 is 2.41 bits per heavy atom. The average Bonchev–Trinajstić information content (AvgIpc) is 3.13. The molecule has 0 N–H and O–H groups in total. The van der Waals surface area contributed by atoms with Gasteiger partial charge in [0.05, 0.1) is 36.5 Å². The van der Waals surface area contributed by atoms with Crippen LogP contribution in [-0.2, 0) is 12.8 Å². The first-order chi connectivity index (χ1) is 14.0. The Morgan fingerprint density at radius 1 is 1.07 bits per heavy atom. The van der Waals surface area contributed by atoms with E-state index in [0.717, 1.165) is 48.7 Å². The highest BCUT2D eigenvalue weighted by Crippen LogP contribution is 2.38. The number of rotatable bonds is 5. The first-order valence-electron chi connectivity index (χ1n) is 9.30. The van der Waals surface area contributed by atoms with Crippen LogP contribution in [0.25, 0.3) is 16.9 Å². The fourth-order valence-electron chi connectivity index (χ4n) is 3.80. The SMILES string of the molecule is COc1cc(OC)cc(-n2nc(-c3ccc(F)cc3[N+](=O)[O-])c3c2CCCC3)c1. The highest BCUT2D eigenvalue weighted by molar-refractivity contribution is 5.74. The molecule has 0 spiro atoms. The van der Waals surface area contributed by atoms with Crippen LogP contribution in [0.3, 0.4) is 0 Å². The molecule has 0 unspecified atom stereocenters. The molecule has 0 bridgehead atoms. The van der Waals surface area contributed by atoms with E-state index < -0.39 is 10.7 Å². The lowest BCUT2D eigenvalue weighted by atomic mass is 9.93. The van der Waals surface area contributed by atoms with Crippen molar-refractivity contribution < 1.29 is 18.8 Å². The Labute approximate surface area is 166 Å². The normalized spacial score (nSPS) is 13.1. The minimum atomic E-state index is -0.647. The number of aromatic nitrogens is 2. The number of nitro benzene ring substituents is 1. The van der Waals surface area contributed by atoms with Crippen LogP contribution in [-0.4, -0.2) is 28.9 Å². The van der Waals surface area contributed by atoms with E-state index in [-0.39, 0.29) is 5.69 Å². The third-order valence-corrected chi connectivity index (χ3v) is 5.17. The maximum absolute atomic E-state index is 13.6. The Kier molecular flexibility index (Phi) is 4.92. The van der Waals surface area contributed by atoms with Gasteiger partial charge in [0, 0.05) is 29.5 Å². The zero-order chi connectivity index (χ0) is 20.5. The van der Waals surface area contributed by atoms with Crippen LogP contribution < -0.4 is 9.47 Å². The molecule has 0 saturated heterocycles. The molecule has 2 aromatic carbocycles. The van der Waals surface area contributed by atoms with E-state index >= 15 is 0 Å². The highest BCUT2D eigenvalue weighted by atomic mass is 19.1. The fourth-order valence-corrected chi connectivity index (χ4v) is 3.80. The third-order valence-electron chi connectivity index (χ3n) is 5.17. The molecule has 0 fully saturated rings. The van der Waals surface area contributed by atoms with Gasteiger partial charge < -0.3 is 9.47 Å². The summed E-state index contributed by atoms with van der Waals surface area (Å²) in [5, 5.41) is 16.3. The molecule has 7 nitrogen and oxygen atoms in total. The first kappa shape index (κ1) is 18.9. The largest absolute Gasteiger partial charge is 0.497 e. The minimum Gasteiger partial charge on any atom is -0.497 e. The zero-order valence-corrected chi connectivity index (χ0v) is 16.1. The van der Waals surface area contributed by atoms with Gasteiger partial charge in [0.25, 0.3) is 5.69 Å². The first-order valence-corrected chi connectivity index (χ1v) is 9.30. The van der Waals surface area contributed by atoms with Crippen LogP contribution in [0, 0.1) is 15.9 Å². The molecule has 0 saturated carbocycles. The molecule has 1 aliphatic carbocycles. The molecule has 29 heavy (non-hydrogen) atoms. The standard InChI is InChI=1S/C21H20FN3O4/c1-28-15-10-14(11-16(12-15)29-2)24-19-6-4-3-5-17(19)21(23-24)18-8-7-13(22)9-20(18)25(26)27/h7-12H,3-6H2,1-2H3. The summed E-state index contributed by atoms with van der Waals surface area (Å²) in [6, 6.07) is 9.05. The predicted octanol–water partition coefficient (Wildman–Crippen LogP) is 4.48. The molecule has 0 amide bonds. The Balaban J connectivity index is 1.94. The van der Waals surface area contributed by atoms with Crippen LogP contribution >= 0.6 is 0 Å². The van der Waals surface area contributed by atoms with E-state index in [4.69, 9.17) is 14.6 Å². The van der Waals surface area contributed by atoms with Crippen LogP contribution in [0.2, 0.25) is 0 Å². The Hall–Kier alpha value is -3.42. The minimum absolute atomic E-state index is 0.286. The summed E-state index contributed by atoms with van der Waals surface area (Å²) in [7, 11) is 3.15. The number of benzene rings is 2. The molecule has 0 aliphatic heterocycles. The van der Waals surface area contributed by atoms with Crippen molar-refractivity contribution in [2.24, 2.45) is 0 Å². The zero-order valence-electron chi connectivity index (χ0n) is 16.1. The molecule has 3 aromatic rings. The molecule has 0 radical (unpaired) electrons. The number of methoxy groups -OCH3 is 2. The van der Waals surface area contributed by atoms with Crippen LogP contribution in [0.1, 0.15) is 24.1 Å². The van der Waals surface area contributed by atoms with E-state index in [1.807, 2.05) is 12.1 Å². The molecular formula is C21H20FN3O4. The van der Waals surface area contributed by atoms with Crippen molar-refractivity contribution in [1.82, 2.24) is 9.78 Å². The summed E-state index contributed by atoms with van der Waals surface area (Å²) in [6.45, 7) is 0. The van der Waals surface area contributed by atoms with Crippen molar-refractivity contribution in [2.75, 3.05) is 14.2 Å². The van der Waals surface area contributed by atoms with Crippen molar-refractivity contribution in [3.8, 4) is 28.4 Å². The van der Waals surface area contributed by atoms with Gasteiger partial charge in [-0.1, -0.05) is 0 Å². The molecule has 1 heterocycles. The quantitative estimate of drug-likeness (QED) is 0.468. The highest BCUT2D eigenvalue weighted by Gasteiger charge is 2.27. The predicted molar refractivity (Wildman–Crippen MR) is 105 cm³/mol. The van der Waals surface area contributed by atoms with E-state index in [2.05, 4.69) is 0 Å². The van der Waals surface area contributed by atoms with Gasteiger partial charge in [-0.05, 0) is 37.8 Å². The lowest BCUT2D eigenvalue weighted by Gasteiger charge is -2.15. The summed E-state index contributed by atoms with van der Waals surface area (Å²) >= 11 is 0. The number of hydrogen-bond donors (Lipinski definition) is 0. The van der Waals surface area contributed by atoms with Crippen molar-refractivity contribution in [3.05, 3.63) is 63.6 Å². The summed E-state index contributed by atoms with van der Waals surface area (Å²) in [4.78, 5) is 11.0. The van der Waals surface area contributed by atoms with E-state index in [9.17, 15) is 14.5 Å². The van der Waals surface area contributed by atoms with Crippen molar-refractivity contribution in [3.63, 3.8) is 0 Å². The topological polar surface area (TPSA) is 79.4 Å². The number of ether oxygens (including phenoxy) is 2. The van der Waals surface area contributed by atoms with E-state index in [1.54, 1.807) is 25.0 Å². The summed E-state index contributed by atoms with van der Waals surface area (Å²) in [6.07, 6.45) is 3.55. The van der Waals surface area contributed by atoms with Crippen LogP contribution in [0.15, 0.2) is 36.4 Å². The number of nitro groups is 1. The van der Waals surface area contributed by atoms with E-state index in [0.29, 0.717) is 22.8 Å². The smallest absolute Gasteiger partial charge is 0.281 e. The maximum Gasteiger partial charge on any atom is 0.281 e. The second-order valence-corrected chi connectivity index (χ2v) is 6.88.